The number of phenolic OH excluding ortho intramolecular Hbond substituents is 2. The summed E-state index contributed by atoms with van der Waals surface area (Å²) in [6.07, 6.45) is 0. The third kappa shape index (κ3) is 5.37. The van der Waals surface area contributed by atoms with Crippen molar-refractivity contribution < 1.29 is 19.8 Å². The fourth-order valence-corrected chi connectivity index (χ4v) is 5.97. The average Bonchev–Trinajstić information content (AvgIpc) is 3.50. The van der Waals surface area contributed by atoms with E-state index < -0.39 is 11.6 Å². The lowest BCUT2D eigenvalue weighted by molar-refractivity contribution is -0.115. The lowest BCUT2D eigenvalue weighted by atomic mass is 9.78. The van der Waals surface area contributed by atoms with Gasteiger partial charge < -0.3 is 10.2 Å². The first-order valence-electron chi connectivity index (χ1n) is 14.3. The van der Waals surface area contributed by atoms with Gasteiger partial charge in [0.05, 0.1) is 5.57 Å². The van der Waals surface area contributed by atoms with E-state index in [0.717, 1.165) is 44.5 Å². The quantitative estimate of drug-likeness (QED) is 0.263. The van der Waals surface area contributed by atoms with E-state index in [1.165, 1.54) is 0 Å². The summed E-state index contributed by atoms with van der Waals surface area (Å²) < 4.78 is 0. The van der Waals surface area contributed by atoms with Gasteiger partial charge in [-0.3, -0.25) is 9.59 Å². The van der Waals surface area contributed by atoms with Crippen LogP contribution >= 0.6 is 23.2 Å². The predicted octanol–water partition coefficient (Wildman–Crippen LogP) is 9.35. The average molecular weight is 610 g/mol. The molecule has 0 saturated heterocycles. The Labute approximate surface area is 260 Å². The molecule has 0 bridgehead atoms. The van der Waals surface area contributed by atoms with E-state index in [1.54, 1.807) is 0 Å². The van der Waals surface area contributed by atoms with Crippen molar-refractivity contribution in [2.24, 2.45) is 0 Å². The van der Waals surface area contributed by atoms with Gasteiger partial charge in [-0.15, -0.1) is 0 Å². The maximum absolute atomic E-state index is 13.3. The second kappa shape index (κ2) is 9.86. The van der Waals surface area contributed by atoms with Crippen molar-refractivity contribution in [1.82, 2.24) is 0 Å². The van der Waals surface area contributed by atoms with Crippen molar-refractivity contribution in [1.29, 1.82) is 0 Å². The third-order valence-electron chi connectivity index (χ3n) is 8.01. The highest BCUT2D eigenvalue weighted by Gasteiger charge is 2.46. The largest absolute Gasteiger partial charge is 0.507 e. The van der Waals surface area contributed by atoms with Crippen molar-refractivity contribution in [3.05, 3.63) is 78.9 Å². The van der Waals surface area contributed by atoms with E-state index in [9.17, 15) is 19.8 Å². The van der Waals surface area contributed by atoms with Crippen molar-refractivity contribution in [3.8, 4) is 11.5 Å². The van der Waals surface area contributed by atoms with Crippen LogP contribution in [0.2, 0.25) is 0 Å². The molecule has 2 aromatic carbocycles. The molecule has 42 heavy (non-hydrogen) atoms. The van der Waals surface area contributed by atoms with Gasteiger partial charge in [0, 0.05) is 27.8 Å². The van der Waals surface area contributed by atoms with Crippen molar-refractivity contribution >= 4 is 45.9 Å². The Morgan fingerprint density at radius 3 is 0.905 bits per heavy atom. The molecule has 0 fully saturated rings. The molecule has 0 aromatic heterocycles. The zero-order valence-electron chi connectivity index (χ0n) is 26.8. The minimum absolute atomic E-state index is 0.0413. The predicted molar refractivity (Wildman–Crippen MR) is 174 cm³/mol. The molecule has 4 nitrogen and oxygen atoms in total. The lowest BCUT2D eigenvalue weighted by Gasteiger charge is -2.28. The molecule has 2 aliphatic rings. The maximum atomic E-state index is 13.3. The van der Waals surface area contributed by atoms with Gasteiger partial charge in [0.2, 0.25) is 11.6 Å². The van der Waals surface area contributed by atoms with Gasteiger partial charge >= 0.3 is 0 Å². The summed E-state index contributed by atoms with van der Waals surface area (Å²) in [5.41, 5.74) is 5.08. The number of hydrogen-bond acceptors (Lipinski definition) is 4. The first-order valence-corrected chi connectivity index (χ1v) is 15.0. The molecule has 2 N–H and O–H groups in total. The van der Waals surface area contributed by atoms with E-state index in [2.05, 4.69) is 0 Å². The summed E-state index contributed by atoms with van der Waals surface area (Å²) in [6.45, 7) is 24.5. The molecule has 0 amide bonds. The lowest BCUT2D eigenvalue weighted by Crippen LogP contribution is -2.17. The van der Waals surface area contributed by atoms with Crippen LogP contribution in [0.1, 0.15) is 116 Å². The third-order valence-corrected chi connectivity index (χ3v) is 8.83. The topological polar surface area (TPSA) is 74.6 Å². The van der Waals surface area contributed by atoms with Crippen LogP contribution < -0.4 is 0 Å². The minimum atomic E-state index is -0.592. The Kier molecular flexibility index (Phi) is 7.53. The number of allylic oxidation sites excluding steroid dienone is 6. The summed E-state index contributed by atoms with van der Waals surface area (Å²) in [5, 5.41) is 22.2. The maximum Gasteiger partial charge on any atom is 0.210 e. The highest BCUT2D eigenvalue weighted by molar-refractivity contribution is 6.65. The van der Waals surface area contributed by atoms with Crippen LogP contribution in [0.15, 0.2) is 45.5 Å². The number of carbonyl (C=O) groups excluding carboxylic acids is 2. The van der Waals surface area contributed by atoms with E-state index >= 15 is 0 Å². The van der Waals surface area contributed by atoms with E-state index in [4.69, 9.17) is 23.2 Å². The number of carbonyl (C=O) groups is 2. The van der Waals surface area contributed by atoms with Crippen LogP contribution in [0.3, 0.4) is 0 Å². The molecule has 0 radical (unpaired) electrons. The number of ketones is 2. The molecule has 2 aliphatic carbocycles. The number of aromatic hydroxyl groups is 2. The Bertz CT molecular complexity index is 1460. The molecule has 2 aromatic rings. The van der Waals surface area contributed by atoms with E-state index in [0.29, 0.717) is 5.57 Å². The SMILES string of the molecule is CC(C)(C)c1cc(C2=C(c3cc(C(C)(C)C)c(O)c(C(C)(C)C)c3)C2=C2C(=O)C(Cl)=C(Cl)C2=O)cc(C(C)(C)C)c1O. The number of benzene rings is 2. The Morgan fingerprint density at radius 1 is 0.452 bits per heavy atom. The molecule has 0 saturated carbocycles. The first-order chi connectivity index (χ1) is 18.9. The van der Waals surface area contributed by atoms with Crippen LogP contribution in [-0.2, 0) is 31.2 Å². The number of rotatable bonds is 2. The molecule has 0 atom stereocenters. The summed E-state index contributed by atoms with van der Waals surface area (Å²) >= 11 is 12.4. The van der Waals surface area contributed by atoms with Crippen LogP contribution in [0.5, 0.6) is 11.5 Å². The Morgan fingerprint density at radius 2 is 0.690 bits per heavy atom. The van der Waals surface area contributed by atoms with Gasteiger partial charge in [-0.2, -0.15) is 0 Å². The first kappa shape index (κ1) is 32.1. The molecule has 4 rings (SSSR count). The number of Topliss-reactive ketones (excluding diaryl/α,β-unsaturated/α-hetero) is 2. The van der Waals surface area contributed by atoms with Crippen molar-refractivity contribution in [3.63, 3.8) is 0 Å². The second-order valence-electron chi connectivity index (χ2n) is 15.6. The van der Waals surface area contributed by atoms with Crippen molar-refractivity contribution in [2.75, 3.05) is 0 Å². The Hall–Kier alpha value is -2.82. The van der Waals surface area contributed by atoms with Crippen molar-refractivity contribution in [2.45, 2.75) is 105 Å². The summed E-state index contributed by atoms with van der Waals surface area (Å²) in [4.78, 5) is 26.6. The highest BCUT2D eigenvalue weighted by atomic mass is 35.5. The minimum Gasteiger partial charge on any atom is -0.507 e. The van der Waals surface area contributed by atoms with Gasteiger partial charge in [-0.1, -0.05) is 106 Å². The fourth-order valence-electron chi connectivity index (χ4n) is 5.61. The number of halogens is 2. The molecule has 0 spiro atoms. The Balaban J connectivity index is 2.15. The smallest absolute Gasteiger partial charge is 0.210 e. The molecule has 0 heterocycles. The molecule has 224 valence electrons. The molecular formula is C36H42Cl2O4. The number of phenols is 2. The van der Waals surface area contributed by atoms with Crippen LogP contribution in [-0.4, -0.2) is 21.8 Å². The molecule has 0 aliphatic heterocycles. The normalized spacial score (nSPS) is 16.8. The summed E-state index contributed by atoms with van der Waals surface area (Å²) in [5.74, 6) is -0.700. The molecule has 0 unspecified atom stereocenters. The second-order valence-corrected chi connectivity index (χ2v) is 16.4. The van der Waals surface area contributed by atoms with Crippen LogP contribution in [0.4, 0.5) is 0 Å². The molecule has 6 heteroatoms. The van der Waals surface area contributed by atoms with Gasteiger partial charge in [0.1, 0.15) is 21.6 Å². The summed E-state index contributed by atoms with van der Waals surface area (Å²) in [7, 11) is 0. The van der Waals surface area contributed by atoms with E-state index in [-0.39, 0.29) is 48.8 Å². The standard InChI is InChI=1S/C36H42Cl2O4/c1-33(2,3)19-13-17(14-20(29(19)39)34(4,5)6)23-24(25(23)26-31(41)27(37)28(38)32(26)42)18-15-21(35(7,8)9)30(40)22(16-18)36(10,11)12/h13-16,39-40H,1-12H3. The zero-order chi connectivity index (χ0) is 32.1. The highest BCUT2D eigenvalue weighted by Crippen LogP contribution is 2.59. The van der Waals surface area contributed by atoms with Gasteiger partial charge in [-0.05, 0) is 68.2 Å². The fraction of sp³-hybridized carbons (Fsp3) is 0.444. The van der Waals surface area contributed by atoms with Crippen LogP contribution in [0, 0.1) is 0 Å². The van der Waals surface area contributed by atoms with Gasteiger partial charge in [-0.25, -0.2) is 0 Å². The zero-order valence-corrected chi connectivity index (χ0v) is 28.3. The summed E-state index contributed by atoms with van der Waals surface area (Å²) in [6, 6.07) is 7.79. The molecular weight excluding hydrogens is 567 g/mol. The monoisotopic (exact) mass is 608 g/mol. The number of hydrogen-bond donors (Lipinski definition) is 2. The van der Waals surface area contributed by atoms with Crippen LogP contribution in [0.25, 0.3) is 11.1 Å². The van der Waals surface area contributed by atoms with Gasteiger partial charge in [0.25, 0.3) is 0 Å². The van der Waals surface area contributed by atoms with E-state index in [1.807, 2.05) is 107 Å². The van der Waals surface area contributed by atoms with Gasteiger partial charge in [0.15, 0.2) is 0 Å².